The molecule has 1 N–H and O–H groups in total. The fraction of sp³-hybridized carbons (Fsp3) is 0.250. The van der Waals surface area contributed by atoms with E-state index in [2.05, 4.69) is 15.6 Å². The number of carbonyl (C=O) groups is 2. The van der Waals surface area contributed by atoms with Gasteiger partial charge in [0.1, 0.15) is 29.7 Å². The van der Waals surface area contributed by atoms with Crippen molar-refractivity contribution < 1.29 is 18.4 Å². The lowest BCUT2D eigenvalue weighted by Crippen LogP contribution is -2.46. The third kappa shape index (κ3) is 4.48. The van der Waals surface area contributed by atoms with Crippen LogP contribution in [0.5, 0.6) is 0 Å². The number of carbonyl (C=O) groups excluding carboxylic acids is 2. The van der Waals surface area contributed by atoms with E-state index in [1.54, 1.807) is 29.2 Å². The number of nitrogens with one attached hydrogen (secondary N) is 1. The van der Waals surface area contributed by atoms with Gasteiger partial charge in [-0.25, -0.2) is 9.07 Å². The van der Waals surface area contributed by atoms with E-state index in [0.717, 1.165) is 18.4 Å². The van der Waals surface area contributed by atoms with E-state index < -0.39 is 11.9 Å². The monoisotopic (exact) mass is 447 g/mol. The zero-order valence-electron chi connectivity index (χ0n) is 17.7. The predicted molar refractivity (Wildman–Crippen MR) is 117 cm³/mol. The highest BCUT2D eigenvalue weighted by Crippen LogP contribution is 2.35. The number of hydrogen-bond donors (Lipinski definition) is 1. The molecule has 1 fully saturated rings. The van der Waals surface area contributed by atoms with Crippen LogP contribution in [0.3, 0.4) is 0 Å². The smallest absolute Gasteiger partial charge is 0.247 e. The number of benzene rings is 2. The Kier molecular flexibility index (Phi) is 5.60. The summed E-state index contributed by atoms with van der Waals surface area (Å²) in [6.45, 7) is 0.129. The summed E-state index contributed by atoms with van der Waals surface area (Å²) in [6, 6.07) is 15.6. The summed E-state index contributed by atoms with van der Waals surface area (Å²) >= 11 is 0. The first-order chi connectivity index (χ1) is 16.1. The maximum absolute atomic E-state index is 13.6. The molecule has 2 heterocycles. The topological polar surface area (TPSA) is 93.3 Å². The Morgan fingerprint density at radius 1 is 1.12 bits per heavy atom. The largest absolute Gasteiger partial charge is 0.467 e. The van der Waals surface area contributed by atoms with Gasteiger partial charge in [0, 0.05) is 6.04 Å². The minimum atomic E-state index is -0.907. The number of aromatic nitrogens is 3. The number of furan rings is 1. The number of para-hydroxylation sites is 1. The summed E-state index contributed by atoms with van der Waals surface area (Å²) in [5, 5.41) is 11.1. The maximum atomic E-state index is 13.6. The molecule has 4 aromatic rings. The second-order valence-electron chi connectivity index (χ2n) is 8.02. The van der Waals surface area contributed by atoms with Crippen LogP contribution in [-0.4, -0.2) is 37.7 Å². The number of fused-ring (bicyclic) bond motifs is 1. The van der Waals surface area contributed by atoms with E-state index in [0.29, 0.717) is 16.8 Å². The van der Waals surface area contributed by atoms with Crippen molar-refractivity contribution >= 4 is 22.8 Å². The van der Waals surface area contributed by atoms with Gasteiger partial charge < -0.3 is 14.6 Å². The molecular formula is C24H22FN5O3. The fourth-order valence-corrected chi connectivity index (χ4v) is 3.92. The minimum absolute atomic E-state index is 0.0554. The van der Waals surface area contributed by atoms with Gasteiger partial charge in [-0.05, 0) is 54.8 Å². The first kappa shape index (κ1) is 20.9. The highest BCUT2D eigenvalue weighted by molar-refractivity contribution is 5.89. The number of hydrogen-bond acceptors (Lipinski definition) is 5. The average Bonchev–Trinajstić information content (AvgIpc) is 3.36. The van der Waals surface area contributed by atoms with Crippen LogP contribution in [0.1, 0.15) is 30.2 Å². The van der Waals surface area contributed by atoms with E-state index in [1.807, 2.05) is 24.3 Å². The molecule has 0 aliphatic heterocycles. The Labute approximate surface area is 189 Å². The van der Waals surface area contributed by atoms with Gasteiger partial charge >= 0.3 is 0 Å². The lowest BCUT2D eigenvalue weighted by atomic mass is 10.0. The third-order valence-corrected chi connectivity index (χ3v) is 5.66. The van der Waals surface area contributed by atoms with Crippen LogP contribution in [-0.2, 0) is 22.7 Å². The van der Waals surface area contributed by atoms with Gasteiger partial charge in [0.2, 0.25) is 11.8 Å². The molecule has 2 aromatic carbocycles. The molecule has 1 atom stereocenters. The lowest BCUT2D eigenvalue weighted by molar-refractivity contribution is -0.142. The Hall–Kier alpha value is -4.01. The molecule has 0 spiro atoms. The Morgan fingerprint density at radius 2 is 1.91 bits per heavy atom. The van der Waals surface area contributed by atoms with Gasteiger partial charge in [-0.2, -0.15) is 0 Å². The fourth-order valence-electron chi connectivity index (χ4n) is 3.92. The number of rotatable bonds is 8. The third-order valence-electron chi connectivity index (χ3n) is 5.66. The van der Waals surface area contributed by atoms with Gasteiger partial charge in [-0.1, -0.05) is 29.5 Å². The van der Waals surface area contributed by atoms with Crippen molar-refractivity contribution in [3.05, 3.63) is 84.1 Å². The molecule has 0 bridgehead atoms. The van der Waals surface area contributed by atoms with Crippen molar-refractivity contribution in [1.29, 1.82) is 0 Å². The van der Waals surface area contributed by atoms with Crippen LogP contribution in [0, 0.1) is 5.82 Å². The van der Waals surface area contributed by atoms with Crippen molar-refractivity contribution in [3.63, 3.8) is 0 Å². The van der Waals surface area contributed by atoms with Crippen molar-refractivity contribution in [1.82, 2.24) is 25.2 Å². The van der Waals surface area contributed by atoms with Crippen LogP contribution < -0.4 is 5.32 Å². The molecule has 33 heavy (non-hydrogen) atoms. The summed E-state index contributed by atoms with van der Waals surface area (Å²) in [4.78, 5) is 28.5. The number of nitrogens with zero attached hydrogens (tertiary/aromatic N) is 4. The van der Waals surface area contributed by atoms with Gasteiger partial charge in [-0.15, -0.1) is 5.10 Å². The van der Waals surface area contributed by atoms with E-state index >= 15 is 0 Å². The number of halogens is 1. The summed E-state index contributed by atoms with van der Waals surface area (Å²) in [7, 11) is 0. The van der Waals surface area contributed by atoms with Crippen molar-refractivity contribution in [2.45, 2.75) is 38.0 Å². The van der Waals surface area contributed by atoms with Crippen LogP contribution in [0.4, 0.5) is 4.39 Å². The van der Waals surface area contributed by atoms with Crippen LogP contribution in [0.25, 0.3) is 11.0 Å². The quantitative estimate of drug-likeness (QED) is 0.448. The van der Waals surface area contributed by atoms with Crippen molar-refractivity contribution in [2.24, 2.45) is 0 Å². The van der Waals surface area contributed by atoms with E-state index in [-0.39, 0.29) is 30.9 Å². The first-order valence-electron chi connectivity index (χ1n) is 10.7. The van der Waals surface area contributed by atoms with Gasteiger partial charge in [0.25, 0.3) is 0 Å². The molecule has 1 aliphatic rings. The molecule has 2 amide bonds. The van der Waals surface area contributed by atoms with Crippen LogP contribution >= 0.6 is 0 Å². The Bertz CT molecular complexity index is 1270. The average molecular weight is 447 g/mol. The highest BCUT2D eigenvalue weighted by Gasteiger charge is 2.41. The standard InChI is InChI=1S/C24H22FN5O3/c25-17-9-7-16(8-10-17)23(24(32)26-14-19-4-3-13-33-19)30(18-11-12-18)22(31)15-29-21-6-2-1-5-20(21)27-28-29/h1-10,13,18,23H,11-12,14-15H2,(H,26,32)/t23-/m1/s1. The predicted octanol–water partition coefficient (Wildman–Crippen LogP) is 3.21. The maximum Gasteiger partial charge on any atom is 0.247 e. The van der Waals surface area contributed by atoms with E-state index in [9.17, 15) is 14.0 Å². The molecule has 2 aromatic heterocycles. The van der Waals surface area contributed by atoms with Gasteiger partial charge in [-0.3, -0.25) is 9.59 Å². The molecule has 8 nitrogen and oxygen atoms in total. The molecule has 0 radical (unpaired) electrons. The second kappa shape index (κ2) is 8.85. The van der Waals surface area contributed by atoms with Gasteiger partial charge in [0.05, 0.1) is 18.3 Å². The Balaban J connectivity index is 1.44. The zero-order valence-corrected chi connectivity index (χ0v) is 17.7. The summed E-state index contributed by atoms with van der Waals surface area (Å²) in [5.41, 5.74) is 1.97. The minimum Gasteiger partial charge on any atom is -0.467 e. The first-order valence-corrected chi connectivity index (χ1v) is 10.7. The second-order valence-corrected chi connectivity index (χ2v) is 8.02. The summed E-state index contributed by atoms with van der Waals surface area (Å²) < 4.78 is 20.4. The van der Waals surface area contributed by atoms with E-state index in [1.165, 1.54) is 23.1 Å². The SMILES string of the molecule is O=C(NCc1ccco1)[C@@H](c1ccc(F)cc1)N(C(=O)Cn1nnc2ccccc21)C1CC1. The summed E-state index contributed by atoms with van der Waals surface area (Å²) in [6.07, 6.45) is 3.13. The highest BCUT2D eigenvalue weighted by atomic mass is 19.1. The van der Waals surface area contributed by atoms with Gasteiger partial charge in [0.15, 0.2) is 0 Å². The van der Waals surface area contributed by atoms with Crippen molar-refractivity contribution in [3.8, 4) is 0 Å². The molecular weight excluding hydrogens is 425 g/mol. The van der Waals surface area contributed by atoms with Crippen LogP contribution in [0.15, 0.2) is 71.3 Å². The molecule has 0 saturated heterocycles. The Morgan fingerprint density at radius 3 is 2.64 bits per heavy atom. The summed E-state index contributed by atoms with van der Waals surface area (Å²) in [5.74, 6) is -0.427. The molecule has 1 aliphatic carbocycles. The zero-order chi connectivity index (χ0) is 22.8. The molecule has 5 rings (SSSR count). The number of amides is 2. The van der Waals surface area contributed by atoms with E-state index in [4.69, 9.17) is 4.42 Å². The molecule has 0 unspecified atom stereocenters. The lowest BCUT2D eigenvalue weighted by Gasteiger charge is -2.31. The van der Waals surface area contributed by atoms with Crippen LogP contribution in [0.2, 0.25) is 0 Å². The normalized spacial score (nSPS) is 14.2. The van der Waals surface area contributed by atoms with Crippen molar-refractivity contribution in [2.75, 3.05) is 0 Å². The molecule has 9 heteroatoms. The molecule has 1 saturated carbocycles. The molecule has 168 valence electrons.